The van der Waals surface area contributed by atoms with Crippen LogP contribution in [0.3, 0.4) is 0 Å². The summed E-state index contributed by atoms with van der Waals surface area (Å²) in [6.45, 7) is 2.14. The van der Waals surface area contributed by atoms with E-state index in [2.05, 4.69) is 232 Å². The summed E-state index contributed by atoms with van der Waals surface area (Å²) in [5.41, 5.74) is 15.2. The standard InChI is InChI=1S/C66H43N7O/c1-43-30-34-59-54(38-43)52-33-32-46(74-47-36-37-67-65(40-47)70-42-69(60-27-13-14-28-61(60)70)55-23-9-5-18-48(55)44-16-3-2-4-17-44)39-63(52)73(59)64-35-31-45(41-68-64)71-56-24-10-8-21-51(56)53-22-15-29-62(66(53)71)72-57-25-11-6-19-49(57)50-20-7-12-26-58(50)72/h2-41H,1H3. The van der Waals surface area contributed by atoms with Crippen molar-refractivity contribution < 1.29 is 9.30 Å². The van der Waals surface area contributed by atoms with Crippen LogP contribution in [0.2, 0.25) is 0 Å². The maximum atomic E-state index is 6.77. The van der Waals surface area contributed by atoms with E-state index in [4.69, 9.17) is 14.7 Å². The molecule has 8 heteroatoms. The topological polar surface area (TPSA) is 58.6 Å². The fourth-order valence-corrected chi connectivity index (χ4v) is 11.4. The molecule has 6 aromatic heterocycles. The second-order valence-corrected chi connectivity index (χ2v) is 18.9. The van der Waals surface area contributed by atoms with Crippen LogP contribution in [-0.2, 0) is 0 Å². The molecule has 8 nitrogen and oxygen atoms in total. The Balaban J connectivity index is 0.830. The second-order valence-electron chi connectivity index (χ2n) is 18.9. The van der Waals surface area contributed by atoms with Crippen molar-refractivity contribution in [1.82, 2.24) is 28.2 Å². The van der Waals surface area contributed by atoms with Crippen molar-refractivity contribution in [3.05, 3.63) is 255 Å². The lowest BCUT2D eigenvalue weighted by molar-refractivity contribution is -0.571. The zero-order valence-electron chi connectivity index (χ0n) is 40.1. The van der Waals surface area contributed by atoms with Crippen molar-refractivity contribution in [2.24, 2.45) is 0 Å². The number of nitrogens with zero attached hydrogens (tertiary/aromatic N) is 7. The number of ether oxygens (including phenoxy) is 1. The van der Waals surface area contributed by atoms with Gasteiger partial charge < -0.3 is 13.9 Å². The van der Waals surface area contributed by atoms with E-state index in [9.17, 15) is 0 Å². The summed E-state index contributed by atoms with van der Waals surface area (Å²) in [6, 6.07) is 81.2. The molecule has 0 fully saturated rings. The molecule has 0 aliphatic heterocycles. The third kappa shape index (κ3) is 6.45. The Morgan fingerprint density at radius 3 is 1.86 bits per heavy atom. The predicted molar refractivity (Wildman–Crippen MR) is 299 cm³/mol. The number of hydrogen-bond donors (Lipinski definition) is 0. The van der Waals surface area contributed by atoms with Crippen LogP contribution in [0.15, 0.2) is 243 Å². The largest absolute Gasteiger partial charge is 0.458 e. The van der Waals surface area contributed by atoms with Crippen LogP contribution in [0.25, 0.3) is 116 Å². The Labute approximate surface area is 425 Å². The molecule has 0 radical (unpaired) electrons. The number of aryl methyl sites for hydroxylation is 1. The van der Waals surface area contributed by atoms with Crippen molar-refractivity contribution >= 4 is 76.5 Å². The lowest BCUT2D eigenvalue weighted by Crippen LogP contribution is -2.30. The highest BCUT2D eigenvalue weighted by Crippen LogP contribution is 2.41. The van der Waals surface area contributed by atoms with Crippen LogP contribution in [0.1, 0.15) is 5.56 Å². The molecular weight excluding hydrogens is 907 g/mol. The van der Waals surface area contributed by atoms with Gasteiger partial charge in [-0.3, -0.25) is 18.7 Å². The molecule has 0 N–H and O–H groups in total. The summed E-state index contributed by atoms with van der Waals surface area (Å²) >= 11 is 0. The number of para-hydroxylation sites is 7. The molecule has 15 rings (SSSR count). The molecule has 9 aromatic carbocycles. The Morgan fingerprint density at radius 1 is 0.432 bits per heavy atom. The Morgan fingerprint density at radius 2 is 1.08 bits per heavy atom. The Kier molecular flexibility index (Phi) is 9.31. The van der Waals surface area contributed by atoms with E-state index in [0.717, 1.165) is 77.9 Å². The first-order chi connectivity index (χ1) is 36.6. The first kappa shape index (κ1) is 41.7. The minimum absolute atomic E-state index is 0.657. The van der Waals surface area contributed by atoms with Gasteiger partial charge >= 0.3 is 0 Å². The van der Waals surface area contributed by atoms with Gasteiger partial charge in [0.25, 0.3) is 6.33 Å². The first-order valence-corrected chi connectivity index (χ1v) is 24.9. The molecule has 0 spiro atoms. The van der Waals surface area contributed by atoms with Crippen LogP contribution < -0.4 is 9.30 Å². The number of aromatic nitrogens is 7. The number of imidazole rings is 1. The van der Waals surface area contributed by atoms with E-state index in [1.165, 1.54) is 38.1 Å². The number of pyridine rings is 2. The highest BCUT2D eigenvalue weighted by atomic mass is 16.5. The van der Waals surface area contributed by atoms with E-state index in [0.29, 0.717) is 17.3 Å². The van der Waals surface area contributed by atoms with E-state index < -0.39 is 0 Å². The monoisotopic (exact) mass is 949 g/mol. The molecule has 0 aliphatic rings. The summed E-state index contributed by atoms with van der Waals surface area (Å²) in [7, 11) is 0. The number of fused-ring (bicyclic) bond motifs is 10. The van der Waals surface area contributed by atoms with Gasteiger partial charge in [-0.15, -0.1) is 0 Å². The fourth-order valence-electron chi connectivity index (χ4n) is 11.4. The van der Waals surface area contributed by atoms with Gasteiger partial charge in [0, 0.05) is 50.6 Å². The molecule has 15 aromatic rings. The molecule has 74 heavy (non-hydrogen) atoms. The van der Waals surface area contributed by atoms with E-state index in [1.807, 2.05) is 41.1 Å². The SMILES string of the molecule is Cc1ccc2c(c1)c1ccc(Oc3ccnc(-n4[c-][n+](-c5ccccc5-c5ccccc5)c5ccccc54)c3)cc1n2-c1ccc(-n2c3ccccc3c3cccc(-n4c5ccccc5c5ccccc54)c32)cn1. The molecule has 6 heterocycles. The summed E-state index contributed by atoms with van der Waals surface area (Å²) in [5, 5.41) is 7.10. The highest BCUT2D eigenvalue weighted by Gasteiger charge is 2.22. The van der Waals surface area contributed by atoms with Crippen molar-refractivity contribution in [3.63, 3.8) is 0 Å². The summed E-state index contributed by atoms with van der Waals surface area (Å²) in [5.74, 6) is 2.85. The molecule has 348 valence electrons. The molecule has 0 saturated heterocycles. The van der Waals surface area contributed by atoms with Gasteiger partial charge in [0.1, 0.15) is 17.3 Å². The maximum Gasteiger partial charge on any atom is 0.271 e. The number of rotatable bonds is 8. The van der Waals surface area contributed by atoms with Crippen molar-refractivity contribution in [3.8, 4) is 51.3 Å². The lowest BCUT2D eigenvalue weighted by Gasteiger charge is -2.15. The quantitative estimate of drug-likeness (QED) is 0.113. The van der Waals surface area contributed by atoms with Crippen LogP contribution in [0, 0.1) is 13.3 Å². The summed E-state index contributed by atoms with van der Waals surface area (Å²) < 4.78 is 17.9. The van der Waals surface area contributed by atoms with Gasteiger partial charge in [-0.05, 0) is 90.8 Å². The van der Waals surface area contributed by atoms with E-state index in [1.54, 1.807) is 6.20 Å². The minimum Gasteiger partial charge on any atom is -0.458 e. The van der Waals surface area contributed by atoms with Gasteiger partial charge in [-0.25, -0.2) is 4.98 Å². The maximum absolute atomic E-state index is 6.77. The molecule has 0 aliphatic carbocycles. The van der Waals surface area contributed by atoms with Gasteiger partial charge in [-0.2, -0.15) is 0 Å². The highest BCUT2D eigenvalue weighted by molar-refractivity contribution is 6.15. The average molecular weight is 950 g/mol. The molecule has 0 saturated carbocycles. The molecule has 0 unspecified atom stereocenters. The average Bonchev–Trinajstić information content (AvgIpc) is 4.23. The number of hydrogen-bond acceptors (Lipinski definition) is 3. The van der Waals surface area contributed by atoms with Crippen LogP contribution in [0.4, 0.5) is 0 Å². The van der Waals surface area contributed by atoms with Crippen LogP contribution in [0.5, 0.6) is 11.5 Å². The van der Waals surface area contributed by atoms with Crippen molar-refractivity contribution in [2.45, 2.75) is 6.92 Å². The van der Waals surface area contributed by atoms with E-state index >= 15 is 0 Å². The predicted octanol–water partition coefficient (Wildman–Crippen LogP) is 15.6. The summed E-state index contributed by atoms with van der Waals surface area (Å²) in [4.78, 5) is 10.2. The zero-order chi connectivity index (χ0) is 48.9. The molecule has 0 amide bonds. The Hall–Kier alpha value is -10.1. The number of benzene rings is 9. The zero-order valence-corrected chi connectivity index (χ0v) is 40.1. The molecule has 0 bridgehead atoms. The van der Waals surface area contributed by atoms with Gasteiger partial charge in [0.2, 0.25) is 0 Å². The van der Waals surface area contributed by atoms with Gasteiger partial charge in [-0.1, -0.05) is 151 Å². The molecular formula is C66H43N7O. The third-order valence-corrected chi connectivity index (χ3v) is 14.6. The normalized spacial score (nSPS) is 11.9. The second kappa shape index (κ2) is 16.5. The third-order valence-electron chi connectivity index (χ3n) is 14.6. The Bertz CT molecular complexity index is 4660. The smallest absolute Gasteiger partial charge is 0.271 e. The lowest BCUT2D eigenvalue weighted by atomic mass is 10.0. The summed E-state index contributed by atoms with van der Waals surface area (Å²) in [6.07, 6.45) is 7.46. The first-order valence-electron chi connectivity index (χ1n) is 24.9. The van der Waals surface area contributed by atoms with Crippen LogP contribution in [-0.4, -0.2) is 28.2 Å². The molecule has 0 atom stereocenters. The van der Waals surface area contributed by atoms with Crippen molar-refractivity contribution in [1.29, 1.82) is 0 Å². The van der Waals surface area contributed by atoms with Gasteiger partial charge in [0.05, 0.1) is 67.4 Å². The van der Waals surface area contributed by atoms with Crippen LogP contribution >= 0.6 is 0 Å². The minimum atomic E-state index is 0.657. The fraction of sp³-hybridized carbons (Fsp3) is 0.0152. The van der Waals surface area contributed by atoms with Gasteiger partial charge in [0.15, 0.2) is 5.82 Å². The van der Waals surface area contributed by atoms with Crippen molar-refractivity contribution in [2.75, 3.05) is 0 Å². The van der Waals surface area contributed by atoms with E-state index in [-0.39, 0.29) is 0 Å².